The lowest BCUT2D eigenvalue weighted by molar-refractivity contribution is -0.116. The summed E-state index contributed by atoms with van der Waals surface area (Å²) in [6.45, 7) is 6.29. The Morgan fingerprint density at radius 3 is 2.60 bits per heavy atom. The lowest BCUT2D eigenvalue weighted by atomic mass is 9.90. The van der Waals surface area contributed by atoms with Crippen LogP contribution < -0.4 is 20.7 Å². The van der Waals surface area contributed by atoms with E-state index in [-0.39, 0.29) is 35.8 Å². The number of fused-ring (bicyclic) bond motifs is 1. The summed E-state index contributed by atoms with van der Waals surface area (Å²) in [5, 5.41) is 9.61. The van der Waals surface area contributed by atoms with Crippen LogP contribution in [0.3, 0.4) is 0 Å². The van der Waals surface area contributed by atoms with Gasteiger partial charge in [0, 0.05) is 38.2 Å². The van der Waals surface area contributed by atoms with Crippen molar-refractivity contribution in [3.8, 4) is 5.75 Å². The molecule has 3 rings (SSSR count). The number of nitrogens with one attached hydrogen (secondary N) is 3. The number of guanidine groups is 1. The Kier molecular flexibility index (Phi) is 9.42. The molecule has 1 amide bonds. The van der Waals surface area contributed by atoms with Crippen LogP contribution in [0.15, 0.2) is 53.5 Å². The molecule has 0 radical (unpaired) electrons. The van der Waals surface area contributed by atoms with Crippen molar-refractivity contribution in [1.29, 1.82) is 0 Å². The third-order valence-corrected chi connectivity index (χ3v) is 4.81. The fourth-order valence-electron chi connectivity index (χ4n) is 3.28. The van der Waals surface area contributed by atoms with Crippen LogP contribution in [0.2, 0.25) is 0 Å². The highest BCUT2D eigenvalue weighted by Crippen LogP contribution is 2.31. The molecule has 0 aliphatic carbocycles. The van der Waals surface area contributed by atoms with Crippen LogP contribution in [0.4, 0.5) is 5.69 Å². The zero-order valence-electron chi connectivity index (χ0n) is 17.8. The molecule has 1 atom stereocenters. The summed E-state index contributed by atoms with van der Waals surface area (Å²) >= 11 is 0. The Hall–Kier alpha value is -2.29. The standard InChI is InChI=1S/C23H30N4O2.HI/c1-16(2)15-29-19-10-8-17(9-11-19)13-25-23(24-3)26-14-18-12-22(28)27-21-7-5-4-6-20(18)21;/h4-11,16,18H,12-15H2,1-3H3,(H,27,28)(H2,24,25,26);1H. The van der Waals surface area contributed by atoms with Crippen molar-refractivity contribution in [3.05, 3.63) is 59.7 Å². The number of anilines is 1. The molecule has 0 aromatic heterocycles. The number of hydrogen-bond acceptors (Lipinski definition) is 3. The van der Waals surface area contributed by atoms with Gasteiger partial charge in [-0.3, -0.25) is 9.79 Å². The van der Waals surface area contributed by atoms with Gasteiger partial charge in [-0.25, -0.2) is 0 Å². The van der Waals surface area contributed by atoms with Crippen LogP contribution in [-0.2, 0) is 11.3 Å². The van der Waals surface area contributed by atoms with E-state index in [9.17, 15) is 4.79 Å². The van der Waals surface area contributed by atoms with Crippen molar-refractivity contribution in [2.45, 2.75) is 32.7 Å². The first-order valence-corrected chi connectivity index (χ1v) is 10.1. The molecule has 30 heavy (non-hydrogen) atoms. The maximum Gasteiger partial charge on any atom is 0.225 e. The lowest BCUT2D eigenvalue weighted by Crippen LogP contribution is -2.40. The summed E-state index contributed by atoms with van der Waals surface area (Å²) < 4.78 is 5.72. The number of carbonyl (C=O) groups is 1. The zero-order valence-corrected chi connectivity index (χ0v) is 20.1. The summed E-state index contributed by atoms with van der Waals surface area (Å²) in [7, 11) is 1.75. The largest absolute Gasteiger partial charge is 0.493 e. The molecule has 3 N–H and O–H groups in total. The minimum Gasteiger partial charge on any atom is -0.493 e. The second-order valence-corrected chi connectivity index (χ2v) is 7.69. The Labute approximate surface area is 195 Å². The Balaban J connectivity index is 0.00000320. The maximum atomic E-state index is 12.0. The van der Waals surface area contributed by atoms with Crippen molar-refractivity contribution in [2.75, 3.05) is 25.5 Å². The third-order valence-electron chi connectivity index (χ3n) is 4.81. The summed E-state index contributed by atoms with van der Waals surface area (Å²) in [6, 6.07) is 16.1. The summed E-state index contributed by atoms with van der Waals surface area (Å²) in [4.78, 5) is 16.3. The smallest absolute Gasteiger partial charge is 0.225 e. The number of para-hydroxylation sites is 1. The second kappa shape index (κ2) is 11.8. The van der Waals surface area contributed by atoms with Gasteiger partial charge in [0.05, 0.1) is 6.61 Å². The van der Waals surface area contributed by atoms with Gasteiger partial charge in [-0.1, -0.05) is 44.2 Å². The number of amides is 1. The third kappa shape index (κ3) is 6.90. The number of halogens is 1. The number of rotatable bonds is 7. The molecule has 1 unspecified atom stereocenters. The molecule has 1 aliphatic heterocycles. The average Bonchev–Trinajstić information content (AvgIpc) is 2.72. The van der Waals surface area contributed by atoms with E-state index >= 15 is 0 Å². The van der Waals surface area contributed by atoms with Gasteiger partial charge in [0.25, 0.3) is 0 Å². The fourth-order valence-corrected chi connectivity index (χ4v) is 3.28. The van der Waals surface area contributed by atoms with Gasteiger partial charge in [0.1, 0.15) is 5.75 Å². The normalized spacial score (nSPS) is 15.7. The van der Waals surface area contributed by atoms with Crippen LogP contribution in [0.1, 0.15) is 37.3 Å². The Morgan fingerprint density at radius 1 is 1.17 bits per heavy atom. The Morgan fingerprint density at radius 2 is 1.90 bits per heavy atom. The molecule has 1 heterocycles. The second-order valence-electron chi connectivity index (χ2n) is 7.69. The van der Waals surface area contributed by atoms with E-state index in [1.165, 1.54) is 0 Å². The molecule has 7 heteroatoms. The van der Waals surface area contributed by atoms with Crippen LogP contribution in [0, 0.1) is 5.92 Å². The van der Waals surface area contributed by atoms with Gasteiger partial charge >= 0.3 is 0 Å². The van der Waals surface area contributed by atoms with Crippen molar-refractivity contribution < 1.29 is 9.53 Å². The number of ether oxygens (including phenoxy) is 1. The molecule has 2 aromatic rings. The molecule has 0 saturated heterocycles. The number of nitrogens with zero attached hydrogens (tertiary/aromatic N) is 1. The van der Waals surface area contributed by atoms with Gasteiger partial charge in [-0.15, -0.1) is 24.0 Å². The Bertz CT molecular complexity index is 853. The molecule has 0 saturated carbocycles. The van der Waals surface area contributed by atoms with E-state index in [1.807, 2.05) is 30.3 Å². The number of hydrogen-bond donors (Lipinski definition) is 3. The van der Waals surface area contributed by atoms with E-state index in [1.54, 1.807) is 7.05 Å². The van der Waals surface area contributed by atoms with E-state index in [0.29, 0.717) is 31.4 Å². The molecule has 0 fully saturated rings. The first kappa shape index (κ1) is 24.0. The van der Waals surface area contributed by atoms with E-state index in [2.05, 4.69) is 53.0 Å². The highest BCUT2D eigenvalue weighted by atomic mass is 127. The minimum atomic E-state index is 0. The molecule has 6 nitrogen and oxygen atoms in total. The molecule has 162 valence electrons. The monoisotopic (exact) mass is 522 g/mol. The van der Waals surface area contributed by atoms with E-state index in [0.717, 1.165) is 29.2 Å². The van der Waals surface area contributed by atoms with Crippen molar-refractivity contribution in [2.24, 2.45) is 10.9 Å². The molecule has 1 aliphatic rings. The SMILES string of the molecule is CN=C(NCc1ccc(OCC(C)C)cc1)NCC1CC(=O)Nc2ccccc21.I. The van der Waals surface area contributed by atoms with Crippen LogP contribution in [-0.4, -0.2) is 32.1 Å². The van der Waals surface area contributed by atoms with Gasteiger partial charge in [-0.2, -0.15) is 0 Å². The quantitative estimate of drug-likeness (QED) is 0.291. The first-order valence-electron chi connectivity index (χ1n) is 10.1. The van der Waals surface area contributed by atoms with Crippen molar-refractivity contribution in [1.82, 2.24) is 10.6 Å². The molecule has 0 spiro atoms. The number of aliphatic imine (C=N–C) groups is 1. The van der Waals surface area contributed by atoms with Gasteiger partial charge < -0.3 is 20.7 Å². The lowest BCUT2D eigenvalue weighted by Gasteiger charge is -2.26. The summed E-state index contributed by atoms with van der Waals surface area (Å²) in [6.07, 6.45) is 0.471. The molecule has 2 aromatic carbocycles. The van der Waals surface area contributed by atoms with Crippen LogP contribution >= 0.6 is 24.0 Å². The minimum absolute atomic E-state index is 0. The first-order chi connectivity index (χ1) is 14.0. The number of benzene rings is 2. The van der Waals surface area contributed by atoms with Gasteiger partial charge in [0.2, 0.25) is 5.91 Å². The van der Waals surface area contributed by atoms with Crippen molar-refractivity contribution in [3.63, 3.8) is 0 Å². The van der Waals surface area contributed by atoms with Crippen LogP contribution in [0.25, 0.3) is 0 Å². The fraction of sp³-hybridized carbons (Fsp3) is 0.391. The highest BCUT2D eigenvalue weighted by molar-refractivity contribution is 14.0. The van der Waals surface area contributed by atoms with E-state index in [4.69, 9.17) is 4.74 Å². The van der Waals surface area contributed by atoms with Crippen LogP contribution in [0.5, 0.6) is 5.75 Å². The number of carbonyl (C=O) groups excluding carboxylic acids is 1. The van der Waals surface area contributed by atoms with E-state index < -0.39 is 0 Å². The maximum absolute atomic E-state index is 12.0. The average molecular weight is 522 g/mol. The van der Waals surface area contributed by atoms with Crippen molar-refractivity contribution >= 4 is 41.5 Å². The topological polar surface area (TPSA) is 74.8 Å². The summed E-state index contributed by atoms with van der Waals surface area (Å²) in [5.74, 6) is 2.29. The van der Waals surface area contributed by atoms with Gasteiger partial charge in [0.15, 0.2) is 5.96 Å². The molecular weight excluding hydrogens is 491 g/mol. The predicted octanol–water partition coefficient (Wildman–Crippen LogP) is 4.13. The predicted molar refractivity (Wildman–Crippen MR) is 133 cm³/mol. The summed E-state index contributed by atoms with van der Waals surface area (Å²) in [5.41, 5.74) is 3.21. The molecule has 0 bridgehead atoms. The molecular formula is C23H31IN4O2. The zero-order chi connectivity index (χ0) is 20.6. The highest BCUT2D eigenvalue weighted by Gasteiger charge is 2.24. The van der Waals surface area contributed by atoms with Gasteiger partial charge in [-0.05, 0) is 35.2 Å².